The van der Waals surface area contributed by atoms with Crippen molar-refractivity contribution >= 4 is 28.6 Å². The molecule has 0 aliphatic heterocycles. The molecule has 3 heterocycles. The minimum absolute atomic E-state index is 0.0330. The van der Waals surface area contributed by atoms with E-state index < -0.39 is 0 Å². The summed E-state index contributed by atoms with van der Waals surface area (Å²) in [7, 11) is 1.61. The largest absolute Gasteiger partial charge is 0.497 e. The molecule has 5 rings (SSSR count). The molecule has 3 aromatic heterocycles. The van der Waals surface area contributed by atoms with Gasteiger partial charge in [0.05, 0.1) is 13.4 Å². The number of methoxy groups -OCH3 is 1. The third-order valence-electron chi connectivity index (χ3n) is 6.19. The number of ether oxygens (including phenoxy) is 1. The monoisotopic (exact) mass is 443 g/mol. The number of rotatable bonds is 5. The number of pyridine rings is 1. The molecule has 0 radical (unpaired) electrons. The molecule has 0 saturated heterocycles. The molecule has 1 fully saturated rings. The Morgan fingerprint density at radius 2 is 1.91 bits per heavy atom. The molecule has 0 unspecified atom stereocenters. The van der Waals surface area contributed by atoms with Crippen molar-refractivity contribution in [2.24, 2.45) is 5.92 Å². The number of fused-ring (bicyclic) bond motifs is 1. The van der Waals surface area contributed by atoms with Gasteiger partial charge in [0.25, 0.3) is 0 Å². The quantitative estimate of drug-likeness (QED) is 0.480. The number of nitrogen functional groups attached to an aromatic ring is 1. The molecule has 9 nitrogen and oxygen atoms in total. The first-order valence-corrected chi connectivity index (χ1v) is 11.0. The lowest BCUT2D eigenvalue weighted by Gasteiger charge is -2.28. The zero-order valence-corrected chi connectivity index (χ0v) is 18.3. The molecular formula is C24H25N7O2. The first-order valence-electron chi connectivity index (χ1n) is 11.0. The Balaban J connectivity index is 1.31. The molecular weight excluding hydrogens is 418 g/mol. The van der Waals surface area contributed by atoms with Crippen molar-refractivity contribution in [3.05, 3.63) is 55.1 Å². The number of anilines is 2. The molecule has 0 atom stereocenters. The molecule has 3 N–H and O–H groups in total. The number of hydrogen-bond donors (Lipinski definition) is 2. The summed E-state index contributed by atoms with van der Waals surface area (Å²) >= 11 is 0. The molecule has 0 bridgehead atoms. The van der Waals surface area contributed by atoms with E-state index in [1.54, 1.807) is 25.8 Å². The summed E-state index contributed by atoms with van der Waals surface area (Å²) in [5.74, 6) is 1.64. The molecule has 1 aliphatic carbocycles. The van der Waals surface area contributed by atoms with E-state index in [1.165, 1.54) is 0 Å². The zero-order valence-electron chi connectivity index (χ0n) is 18.3. The first kappa shape index (κ1) is 20.9. The number of hydrogen-bond acceptors (Lipinski definition) is 7. The summed E-state index contributed by atoms with van der Waals surface area (Å²) in [5.41, 5.74) is 9.11. The summed E-state index contributed by atoms with van der Waals surface area (Å²) in [6.45, 7) is 0. The zero-order chi connectivity index (χ0) is 22.8. The smallest absolute Gasteiger partial charge is 0.227 e. The minimum atomic E-state index is -0.0330. The van der Waals surface area contributed by atoms with Crippen molar-refractivity contribution < 1.29 is 9.53 Å². The number of nitrogens with zero attached hydrogens (tertiary/aromatic N) is 5. The van der Waals surface area contributed by atoms with Gasteiger partial charge in [0.15, 0.2) is 17.3 Å². The topological polar surface area (TPSA) is 121 Å². The molecule has 0 spiro atoms. The highest BCUT2D eigenvalue weighted by molar-refractivity contribution is 5.92. The van der Waals surface area contributed by atoms with Crippen LogP contribution in [0.5, 0.6) is 5.75 Å². The molecule has 1 amide bonds. The second-order valence-corrected chi connectivity index (χ2v) is 8.22. The van der Waals surface area contributed by atoms with E-state index in [2.05, 4.69) is 24.8 Å². The fourth-order valence-corrected chi connectivity index (χ4v) is 4.40. The van der Waals surface area contributed by atoms with Gasteiger partial charge < -0.3 is 20.4 Å². The third kappa shape index (κ3) is 4.21. The number of aromatic nitrogens is 5. The number of carbonyl (C=O) groups is 1. The predicted molar refractivity (Wildman–Crippen MR) is 126 cm³/mol. The number of nitrogens with one attached hydrogen (secondary N) is 1. The SMILES string of the molecule is COc1cccc(NC(=O)[C@H]2CC[C@@H](n3cnc4c(N)nc(-c5ccncc5)nc43)CC2)c1. The van der Waals surface area contributed by atoms with Crippen LogP contribution in [-0.2, 0) is 4.79 Å². The average Bonchev–Trinajstić information content (AvgIpc) is 3.29. The van der Waals surface area contributed by atoms with Crippen LogP contribution in [0.4, 0.5) is 11.5 Å². The van der Waals surface area contributed by atoms with Gasteiger partial charge in [-0.25, -0.2) is 15.0 Å². The van der Waals surface area contributed by atoms with Crippen LogP contribution in [0.15, 0.2) is 55.1 Å². The summed E-state index contributed by atoms with van der Waals surface area (Å²) in [6, 6.07) is 11.3. The van der Waals surface area contributed by atoms with E-state index in [9.17, 15) is 4.79 Å². The normalized spacial score (nSPS) is 18.2. The van der Waals surface area contributed by atoms with Gasteiger partial charge in [0.1, 0.15) is 11.3 Å². The van der Waals surface area contributed by atoms with E-state index in [-0.39, 0.29) is 17.9 Å². The van der Waals surface area contributed by atoms with E-state index in [1.807, 2.05) is 36.4 Å². The standard InChI is InChI=1S/C24H25N7O2/c1-33-19-4-2-3-17(13-19)28-24(32)16-5-7-18(8-6-16)31-14-27-20-21(25)29-22(30-23(20)31)15-9-11-26-12-10-15/h2-4,9-14,16,18H,5-8H2,1H3,(H,28,32)(H2,25,29,30)/t16-,18+. The van der Waals surface area contributed by atoms with Crippen LogP contribution >= 0.6 is 0 Å². The third-order valence-corrected chi connectivity index (χ3v) is 6.19. The fourth-order valence-electron chi connectivity index (χ4n) is 4.40. The Kier molecular flexibility index (Phi) is 5.60. The van der Waals surface area contributed by atoms with Crippen LogP contribution in [0.1, 0.15) is 31.7 Å². The van der Waals surface area contributed by atoms with Crippen LogP contribution in [-0.4, -0.2) is 37.5 Å². The molecule has 1 aromatic carbocycles. The average molecular weight is 444 g/mol. The lowest BCUT2D eigenvalue weighted by Crippen LogP contribution is -2.28. The number of nitrogens with two attached hydrogens (primary N) is 1. The molecule has 4 aromatic rings. The van der Waals surface area contributed by atoms with Crippen molar-refractivity contribution in [2.45, 2.75) is 31.7 Å². The van der Waals surface area contributed by atoms with Crippen molar-refractivity contribution in [1.29, 1.82) is 0 Å². The second-order valence-electron chi connectivity index (χ2n) is 8.22. The van der Waals surface area contributed by atoms with Gasteiger partial charge in [-0.05, 0) is 49.9 Å². The Labute approximate surface area is 191 Å². The fraction of sp³-hybridized carbons (Fsp3) is 0.292. The maximum atomic E-state index is 12.8. The van der Waals surface area contributed by atoms with Gasteiger partial charge in [0.2, 0.25) is 5.91 Å². The Morgan fingerprint density at radius 3 is 2.67 bits per heavy atom. The highest BCUT2D eigenvalue weighted by atomic mass is 16.5. The summed E-state index contributed by atoms with van der Waals surface area (Å²) in [4.78, 5) is 30.5. The van der Waals surface area contributed by atoms with E-state index in [0.29, 0.717) is 17.2 Å². The number of amides is 1. The lowest BCUT2D eigenvalue weighted by molar-refractivity contribution is -0.120. The predicted octanol–water partition coefficient (Wildman–Crippen LogP) is 3.85. The number of benzene rings is 1. The van der Waals surface area contributed by atoms with E-state index in [4.69, 9.17) is 15.5 Å². The van der Waals surface area contributed by atoms with Crippen molar-refractivity contribution in [1.82, 2.24) is 24.5 Å². The molecule has 33 heavy (non-hydrogen) atoms. The Bertz CT molecular complexity index is 1280. The van der Waals surface area contributed by atoms with Gasteiger partial charge in [-0.2, -0.15) is 0 Å². The maximum absolute atomic E-state index is 12.8. The Hall–Kier alpha value is -4.01. The van der Waals surface area contributed by atoms with Gasteiger partial charge in [-0.1, -0.05) is 6.07 Å². The highest BCUT2D eigenvalue weighted by Crippen LogP contribution is 2.35. The van der Waals surface area contributed by atoms with Crippen LogP contribution in [0, 0.1) is 5.92 Å². The van der Waals surface area contributed by atoms with Crippen LogP contribution in [0.25, 0.3) is 22.6 Å². The molecule has 9 heteroatoms. The summed E-state index contributed by atoms with van der Waals surface area (Å²) in [5, 5.41) is 3.02. The van der Waals surface area contributed by atoms with Crippen LogP contribution in [0.3, 0.4) is 0 Å². The van der Waals surface area contributed by atoms with Gasteiger partial charge in [-0.3, -0.25) is 9.78 Å². The molecule has 1 saturated carbocycles. The van der Waals surface area contributed by atoms with Crippen LogP contribution < -0.4 is 15.8 Å². The minimum Gasteiger partial charge on any atom is -0.497 e. The lowest BCUT2D eigenvalue weighted by atomic mass is 9.85. The highest BCUT2D eigenvalue weighted by Gasteiger charge is 2.28. The van der Waals surface area contributed by atoms with Crippen molar-refractivity contribution in [3.8, 4) is 17.1 Å². The van der Waals surface area contributed by atoms with Crippen molar-refractivity contribution in [2.75, 3.05) is 18.2 Å². The van der Waals surface area contributed by atoms with Crippen molar-refractivity contribution in [3.63, 3.8) is 0 Å². The van der Waals surface area contributed by atoms with Crippen LogP contribution in [0.2, 0.25) is 0 Å². The molecule has 1 aliphatic rings. The summed E-state index contributed by atoms with van der Waals surface area (Å²) < 4.78 is 7.31. The number of imidazole rings is 1. The van der Waals surface area contributed by atoms with E-state index >= 15 is 0 Å². The van der Waals surface area contributed by atoms with E-state index in [0.717, 1.165) is 48.3 Å². The van der Waals surface area contributed by atoms with Gasteiger partial charge in [-0.15, -0.1) is 0 Å². The number of carbonyl (C=O) groups excluding carboxylic acids is 1. The summed E-state index contributed by atoms with van der Waals surface area (Å²) in [6.07, 6.45) is 8.48. The second kappa shape index (κ2) is 8.85. The molecule has 168 valence electrons. The Morgan fingerprint density at radius 1 is 1.12 bits per heavy atom. The maximum Gasteiger partial charge on any atom is 0.227 e. The van der Waals surface area contributed by atoms with Gasteiger partial charge >= 0.3 is 0 Å². The van der Waals surface area contributed by atoms with Gasteiger partial charge in [0, 0.05) is 41.7 Å². The first-order chi connectivity index (χ1) is 16.1.